The van der Waals surface area contributed by atoms with E-state index in [-0.39, 0.29) is 5.41 Å². The number of carbonyl (C=O) groups excluding carboxylic acids is 1. The van der Waals surface area contributed by atoms with Crippen molar-refractivity contribution < 1.29 is 9.21 Å². The van der Waals surface area contributed by atoms with E-state index in [1.165, 1.54) is 5.56 Å². The number of benzene rings is 1. The predicted octanol–water partition coefficient (Wildman–Crippen LogP) is 3.85. The third-order valence-electron chi connectivity index (χ3n) is 2.80. The number of hydrogen-bond acceptors (Lipinski definition) is 2. The summed E-state index contributed by atoms with van der Waals surface area (Å²) in [5.41, 5.74) is 3.26. The molecule has 0 unspecified atom stereocenters. The zero-order chi connectivity index (χ0) is 11.9. The number of aldehydes is 1. The Morgan fingerprint density at radius 1 is 1.19 bits per heavy atom. The molecule has 1 aromatic heterocycles. The van der Waals surface area contributed by atoms with Gasteiger partial charge in [-0.25, -0.2) is 0 Å². The van der Waals surface area contributed by atoms with Gasteiger partial charge in [0.15, 0.2) is 12.0 Å². The first-order valence-electron chi connectivity index (χ1n) is 5.41. The summed E-state index contributed by atoms with van der Waals surface area (Å²) in [6, 6.07) is 6.02. The van der Waals surface area contributed by atoms with Crippen molar-refractivity contribution in [3.63, 3.8) is 0 Å². The maximum Gasteiger partial charge on any atom is 0.185 e. The molecule has 0 radical (unpaired) electrons. The molecule has 84 valence electrons. The van der Waals surface area contributed by atoms with Crippen LogP contribution in [0.1, 0.15) is 42.5 Å². The average Bonchev–Trinajstić information content (AvgIpc) is 2.59. The van der Waals surface area contributed by atoms with E-state index in [4.69, 9.17) is 4.42 Å². The number of aryl methyl sites for hydroxylation is 1. The van der Waals surface area contributed by atoms with Crippen molar-refractivity contribution in [2.45, 2.75) is 33.1 Å². The molecule has 0 aliphatic rings. The third-order valence-corrected chi connectivity index (χ3v) is 2.80. The Bertz CT molecular complexity index is 542. The number of rotatable bonds is 1. The van der Waals surface area contributed by atoms with Crippen molar-refractivity contribution in [1.82, 2.24) is 0 Å². The van der Waals surface area contributed by atoms with Gasteiger partial charge in [0, 0.05) is 5.39 Å². The minimum atomic E-state index is 0.109. The van der Waals surface area contributed by atoms with Gasteiger partial charge in [0.2, 0.25) is 0 Å². The lowest BCUT2D eigenvalue weighted by Crippen LogP contribution is -2.10. The molecular weight excluding hydrogens is 200 g/mol. The molecule has 0 saturated carbocycles. The van der Waals surface area contributed by atoms with Crippen LogP contribution < -0.4 is 0 Å². The van der Waals surface area contributed by atoms with Crippen molar-refractivity contribution in [3.05, 3.63) is 35.1 Å². The molecule has 0 saturated heterocycles. The van der Waals surface area contributed by atoms with Crippen LogP contribution in [0.4, 0.5) is 0 Å². The molecule has 0 amide bonds. The third kappa shape index (κ3) is 1.75. The highest BCUT2D eigenvalue weighted by atomic mass is 16.3. The van der Waals surface area contributed by atoms with Gasteiger partial charge in [-0.15, -0.1) is 0 Å². The summed E-state index contributed by atoms with van der Waals surface area (Å²) in [7, 11) is 0. The molecule has 0 N–H and O–H groups in total. The summed E-state index contributed by atoms with van der Waals surface area (Å²) in [5, 5.41) is 1.01. The number of carbonyl (C=O) groups is 1. The summed E-state index contributed by atoms with van der Waals surface area (Å²) in [5.74, 6) is 0.393. The molecule has 0 aliphatic carbocycles. The summed E-state index contributed by atoms with van der Waals surface area (Å²) >= 11 is 0. The predicted molar refractivity (Wildman–Crippen MR) is 65.0 cm³/mol. The second kappa shape index (κ2) is 3.48. The van der Waals surface area contributed by atoms with Crippen LogP contribution >= 0.6 is 0 Å². The fraction of sp³-hybridized carbons (Fsp3) is 0.357. The van der Waals surface area contributed by atoms with Crippen LogP contribution in [-0.2, 0) is 5.41 Å². The van der Waals surface area contributed by atoms with Crippen molar-refractivity contribution in [1.29, 1.82) is 0 Å². The fourth-order valence-electron chi connectivity index (χ4n) is 1.84. The molecule has 2 nitrogen and oxygen atoms in total. The largest absolute Gasteiger partial charge is 0.453 e. The molecule has 0 atom stereocenters. The molecule has 2 rings (SSSR count). The molecule has 0 aliphatic heterocycles. The van der Waals surface area contributed by atoms with E-state index in [9.17, 15) is 4.79 Å². The van der Waals surface area contributed by atoms with Crippen LogP contribution in [-0.4, -0.2) is 6.29 Å². The molecule has 16 heavy (non-hydrogen) atoms. The Morgan fingerprint density at radius 2 is 1.88 bits per heavy atom. The van der Waals surface area contributed by atoms with E-state index >= 15 is 0 Å². The van der Waals surface area contributed by atoms with Gasteiger partial charge in [0.05, 0.1) is 0 Å². The zero-order valence-electron chi connectivity index (χ0n) is 10.1. The van der Waals surface area contributed by atoms with Crippen molar-refractivity contribution in [3.8, 4) is 0 Å². The highest BCUT2D eigenvalue weighted by Crippen LogP contribution is 2.30. The number of fused-ring (bicyclic) bond motifs is 1. The normalized spacial score (nSPS) is 12.0. The van der Waals surface area contributed by atoms with Crippen LogP contribution in [0, 0.1) is 6.92 Å². The van der Waals surface area contributed by atoms with E-state index < -0.39 is 0 Å². The second-order valence-electron chi connectivity index (χ2n) is 5.23. The van der Waals surface area contributed by atoms with Crippen molar-refractivity contribution >= 4 is 17.3 Å². The first-order chi connectivity index (χ1) is 7.41. The lowest BCUT2D eigenvalue weighted by molar-refractivity contribution is 0.110. The van der Waals surface area contributed by atoms with Crippen LogP contribution in [0.3, 0.4) is 0 Å². The maximum absolute atomic E-state index is 10.7. The Kier molecular flexibility index (Phi) is 2.38. The van der Waals surface area contributed by atoms with Gasteiger partial charge in [0.25, 0.3) is 0 Å². The Hall–Kier alpha value is -1.57. The standard InChI is InChI=1S/C14H16O2/c1-9-5-11(14(2,3)4)6-10-7-12(8-15)16-13(9)10/h5-8H,1-4H3. The first-order valence-corrected chi connectivity index (χ1v) is 5.41. The van der Waals surface area contributed by atoms with Crippen molar-refractivity contribution in [2.24, 2.45) is 0 Å². The van der Waals surface area contributed by atoms with Gasteiger partial charge in [-0.1, -0.05) is 26.8 Å². The molecule has 0 fully saturated rings. The van der Waals surface area contributed by atoms with E-state index in [1.807, 2.05) is 6.92 Å². The van der Waals surface area contributed by atoms with Gasteiger partial charge in [-0.2, -0.15) is 0 Å². The van der Waals surface area contributed by atoms with Crippen LogP contribution in [0.15, 0.2) is 22.6 Å². The SMILES string of the molecule is Cc1cc(C(C)(C)C)cc2cc(C=O)oc12. The average molecular weight is 216 g/mol. The summed E-state index contributed by atoms with van der Waals surface area (Å²) < 4.78 is 5.45. The zero-order valence-corrected chi connectivity index (χ0v) is 10.1. The molecule has 1 aromatic carbocycles. The lowest BCUT2D eigenvalue weighted by atomic mass is 9.85. The van der Waals surface area contributed by atoms with E-state index in [0.717, 1.165) is 22.8 Å². The highest BCUT2D eigenvalue weighted by Gasteiger charge is 2.16. The summed E-state index contributed by atoms with van der Waals surface area (Å²) in [6.45, 7) is 8.53. The van der Waals surface area contributed by atoms with Crippen molar-refractivity contribution in [2.75, 3.05) is 0 Å². The van der Waals surface area contributed by atoms with Crippen LogP contribution in [0.5, 0.6) is 0 Å². The molecule has 2 heteroatoms. The van der Waals surface area contributed by atoms with Gasteiger partial charge < -0.3 is 4.42 Å². The highest BCUT2D eigenvalue weighted by molar-refractivity contribution is 5.87. The minimum Gasteiger partial charge on any atom is -0.453 e. The number of hydrogen-bond donors (Lipinski definition) is 0. The van der Waals surface area contributed by atoms with Crippen LogP contribution in [0.2, 0.25) is 0 Å². The maximum atomic E-state index is 10.7. The summed E-state index contributed by atoms with van der Waals surface area (Å²) in [4.78, 5) is 10.7. The fourth-order valence-corrected chi connectivity index (χ4v) is 1.84. The topological polar surface area (TPSA) is 30.2 Å². The molecule has 1 heterocycles. The molecule has 0 bridgehead atoms. The lowest BCUT2D eigenvalue weighted by Gasteiger charge is -2.19. The van der Waals surface area contributed by atoms with Gasteiger partial charge in [-0.05, 0) is 35.6 Å². The Balaban J connectivity index is 2.71. The molecule has 2 aromatic rings. The van der Waals surface area contributed by atoms with E-state index in [2.05, 4.69) is 32.9 Å². The number of furan rings is 1. The Labute approximate surface area is 95.3 Å². The van der Waals surface area contributed by atoms with Gasteiger partial charge in [-0.3, -0.25) is 4.79 Å². The Morgan fingerprint density at radius 3 is 2.44 bits per heavy atom. The molecular formula is C14H16O2. The molecule has 0 spiro atoms. The monoisotopic (exact) mass is 216 g/mol. The quantitative estimate of drug-likeness (QED) is 0.678. The summed E-state index contributed by atoms with van der Waals surface area (Å²) in [6.07, 6.45) is 0.746. The minimum absolute atomic E-state index is 0.109. The van der Waals surface area contributed by atoms with Gasteiger partial charge in [0.1, 0.15) is 5.58 Å². The van der Waals surface area contributed by atoms with E-state index in [1.54, 1.807) is 6.07 Å². The first kappa shape index (κ1) is 10.9. The second-order valence-corrected chi connectivity index (χ2v) is 5.23. The van der Waals surface area contributed by atoms with E-state index in [0.29, 0.717) is 5.76 Å². The van der Waals surface area contributed by atoms with Gasteiger partial charge >= 0.3 is 0 Å². The van der Waals surface area contributed by atoms with Crippen LogP contribution in [0.25, 0.3) is 11.0 Å². The smallest absolute Gasteiger partial charge is 0.185 e.